The number of likely N-dealkylation sites (N-methyl/N-ethyl adjacent to an activating group) is 1. The van der Waals surface area contributed by atoms with Crippen LogP contribution >= 0.6 is 0 Å². The predicted octanol–water partition coefficient (Wildman–Crippen LogP) is 4.79. The fourth-order valence-electron chi connectivity index (χ4n) is 4.58. The van der Waals surface area contributed by atoms with Crippen LogP contribution in [0, 0.1) is 19.7 Å². The van der Waals surface area contributed by atoms with Gasteiger partial charge in [0, 0.05) is 44.8 Å². The highest BCUT2D eigenvalue weighted by Gasteiger charge is 2.26. The second-order valence-corrected chi connectivity index (χ2v) is 8.99. The second kappa shape index (κ2) is 10.5. The lowest BCUT2D eigenvalue weighted by Crippen LogP contribution is -2.47. The van der Waals surface area contributed by atoms with Crippen molar-refractivity contribution in [2.24, 2.45) is 0 Å². The van der Waals surface area contributed by atoms with Gasteiger partial charge in [-0.25, -0.2) is 9.07 Å². The number of hydrogen-bond acceptors (Lipinski definition) is 4. The van der Waals surface area contributed by atoms with Gasteiger partial charge in [0.2, 0.25) is 0 Å². The van der Waals surface area contributed by atoms with Crippen molar-refractivity contribution in [3.05, 3.63) is 76.7 Å². The number of rotatable bonds is 8. The maximum atomic E-state index is 14.1. The molecule has 0 amide bonds. The molecule has 0 N–H and O–H groups in total. The maximum Gasteiger partial charge on any atom is 0.137 e. The number of aryl methyl sites for hydroxylation is 2. The molecule has 2 aromatic carbocycles. The number of hydrogen-bond donors (Lipinski definition) is 0. The monoisotopic (exact) mass is 449 g/mol. The summed E-state index contributed by atoms with van der Waals surface area (Å²) in [4.78, 5) is 7.37. The molecule has 1 aromatic heterocycles. The lowest BCUT2D eigenvalue weighted by atomic mass is 10.1. The first-order valence-corrected chi connectivity index (χ1v) is 12.1. The normalized spacial score (nSPS) is 14.9. The Labute approximate surface area is 197 Å². The maximum absolute atomic E-state index is 14.1. The number of aromatic nitrogens is 2. The first kappa shape index (κ1) is 23.5. The summed E-state index contributed by atoms with van der Waals surface area (Å²) < 4.78 is 16.1. The molecule has 0 spiro atoms. The first-order valence-electron chi connectivity index (χ1n) is 12.1. The van der Waals surface area contributed by atoms with E-state index in [1.807, 2.05) is 10.7 Å². The summed E-state index contributed by atoms with van der Waals surface area (Å²) >= 11 is 0. The number of piperazine rings is 1. The van der Waals surface area contributed by atoms with E-state index >= 15 is 0 Å². The van der Waals surface area contributed by atoms with Crippen LogP contribution in [-0.2, 0) is 13.1 Å². The standard InChI is InChI=1S/C27H36FN5/c1-5-30-14-16-32(17-15-30)27-26(20-31(6-2)19-23-12-10-21(3)11-13-23)22(4)29-33(27)25-9-7-8-24(28)18-25/h7-13,18H,5-6,14-17,19-20H2,1-4H3. The molecule has 1 aliphatic heterocycles. The Kier molecular flexibility index (Phi) is 7.46. The van der Waals surface area contributed by atoms with E-state index in [1.54, 1.807) is 12.1 Å². The Balaban J connectivity index is 1.68. The smallest absolute Gasteiger partial charge is 0.137 e. The third kappa shape index (κ3) is 5.45. The predicted molar refractivity (Wildman–Crippen MR) is 134 cm³/mol. The van der Waals surface area contributed by atoms with Crippen LogP contribution < -0.4 is 4.90 Å². The molecular formula is C27H36FN5. The molecule has 1 saturated heterocycles. The zero-order valence-electron chi connectivity index (χ0n) is 20.4. The zero-order valence-corrected chi connectivity index (χ0v) is 20.4. The van der Waals surface area contributed by atoms with Crippen molar-refractivity contribution in [2.45, 2.75) is 40.8 Å². The second-order valence-electron chi connectivity index (χ2n) is 8.99. The fraction of sp³-hybridized carbons (Fsp3) is 0.444. The van der Waals surface area contributed by atoms with Crippen molar-refractivity contribution < 1.29 is 4.39 Å². The summed E-state index contributed by atoms with van der Waals surface area (Å²) in [5, 5.41) is 4.91. The molecule has 4 rings (SSSR count). The van der Waals surface area contributed by atoms with Gasteiger partial charge in [0.05, 0.1) is 11.4 Å². The average Bonchev–Trinajstić information content (AvgIpc) is 3.16. The lowest BCUT2D eigenvalue weighted by molar-refractivity contribution is 0.264. The van der Waals surface area contributed by atoms with E-state index in [0.29, 0.717) is 0 Å². The number of anilines is 1. The molecule has 33 heavy (non-hydrogen) atoms. The fourth-order valence-corrected chi connectivity index (χ4v) is 4.58. The molecular weight excluding hydrogens is 413 g/mol. The number of halogens is 1. The van der Waals surface area contributed by atoms with Crippen molar-refractivity contribution >= 4 is 5.82 Å². The van der Waals surface area contributed by atoms with E-state index in [1.165, 1.54) is 22.8 Å². The minimum absolute atomic E-state index is 0.237. The molecule has 5 nitrogen and oxygen atoms in total. The number of benzene rings is 2. The van der Waals surface area contributed by atoms with E-state index in [0.717, 1.165) is 69.6 Å². The Morgan fingerprint density at radius 3 is 2.30 bits per heavy atom. The zero-order chi connectivity index (χ0) is 23.4. The van der Waals surface area contributed by atoms with Gasteiger partial charge in [0.15, 0.2) is 0 Å². The van der Waals surface area contributed by atoms with Crippen LogP contribution in [0.1, 0.15) is 36.2 Å². The highest BCUT2D eigenvalue weighted by Crippen LogP contribution is 2.30. The van der Waals surface area contributed by atoms with Crippen LogP contribution in [0.15, 0.2) is 48.5 Å². The van der Waals surface area contributed by atoms with Gasteiger partial charge in [0.25, 0.3) is 0 Å². The average molecular weight is 450 g/mol. The summed E-state index contributed by atoms with van der Waals surface area (Å²) in [6, 6.07) is 15.5. The van der Waals surface area contributed by atoms with E-state index in [2.05, 4.69) is 66.7 Å². The SMILES string of the molecule is CCN1CCN(c2c(CN(CC)Cc3ccc(C)cc3)c(C)nn2-c2cccc(F)c2)CC1. The highest BCUT2D eigenvalue weighted by molar-refractivity contribution is 5.56. The molecule has 0 saturated carbocycles. The first-order chi connectivity index (χ1) is 16.0. The minimum atomic E-state index is -0.237. The minimum Gasteiger partial charge on any atom is -0.354 e. The molecule has 0 bridgehead atoms. The number of nitrogens with zero attached hydrogens (tertiary/aromatic N) is 5. The molecule has 1 aliphatic rings. The molecule has 176 valence electrons. The van der Waals surface area contributed by atoms with Gasteiger partial charge in [-0.2, -0.15) is 5.10 Å². The molecule has 0 radical (unpaired) electrons. The Bertz CT molecular complexity index is 1050. The van der Waals surface area contributed by atoms with Crippen LogP contribution in [0.25, 0.3) is 5.69 Å². The Morgan fingerprint density at radius 2 is 1.67 bits per heavy atom. The molecule has 0 unspecified atom stereocenters. The third-order valence-corrected chi connectivity index (χ3v) is 6.68. The third-order valence-electron chi connectivity index (χ3n) is 6.68. The van der Waals surface area contributed by atoms with Gasteiger partial charge in [-0.1, -0.05) is 49.7 Å². The topological polar surface area (TPSA) is 27.5 Å². The molecule has 1 fully saturated rings. The van der Waals surface area contributed by atoms with Crippen molar-refractivity contribution in [3.63, 3.8) is 0 Å². The van der Waals surface area contributed by atoms with Gasteiger partial charge in [-0.3, -0.25) is 4.90 Å². The van der Waals surface area contributed by atoms with Gasteiger partial charge >= 0.3 is 0 Å². The van der Waals surface area contributed by atoms with E-state index < -0.39 is 0 Å². The van der Waals surface area contributed by atoms with Crippen molar-refractivity contribution in [3.8, 4) is 5.69 Å². The largest absolute Gasteiger partial charge is 0.354 e. The quantitative estimate of drug-likeness (QED) is 0.494. The molecule has 0 atom stereocenters. The van der Waals surface area contributed by atoms with Crippen molar-refractivity contribution in [2.75, 3.05) is 44.2 Å². The van der Waals surface area contributed by atoms with E-state index in [4.69, 9.17) is 5.10 Å². The van der Waals surface area contributed by atoms with E-state index in [-0.39, 0.29) is 5.82 Å². The van der Waals surface area contributed by atoms with Crippen LogP contribution in [-0.4, -0.2) is 58.8 Å². The molecule has 2 heterocycles. The van der Waals surface area contributed by atoms with Crippen LogP contribution in [0.5, 0.6) is 0 Å². The Hall–Kier alpha value is -2.70. The summed E-state index contributed by atoms with van der Waals surface area (Å²) in [6.45, 7) is 16.3. The van der Waals surface area contributed by atoms with Crippen LogP contribution in [0.2, 0.25) is 0 Å². The molecule has 6 heteroatoms. The summed E-state index contributed by atoms with van der Waals surface area (Å²) in [6.07, 6.45) is 0. The molecule has 0 aliphatic carbocycles. The summed E-state index contributed by atoms with van der Waals surface area (Å²) in [5.74, 6) is 0.870. The van der Waals surface area contributed by atoms with Crippen LogP contribution in [0.3, 0.4) is 0 Å². The van der Waals surface area contributed by atoms with Gasteiger partial charge in [-0.05, 0) is 50.7 Å². The van der Waals surface area contributed by atoms with Gasteiger partial charge in [-0.15, -0.1) is 0 Å². The highest BCUT2D eigenvalue weighted by atomic mass is 19.1. The summed E-state index contributed by atoms with van der Waals surface area (Å²) in [5.41, 5.74) is 5.62. The lowest BCUT2D eigenvalue weighted by Gasteiger charge is -2.36. The van der Waals surface area contributed by atoms with Gasteiger partial charge in [0.1, 0.15) is 11.6 Å². The molecule has 3 aromatic rings. The van der Waals surface area contributed by atoms with Crippen molar-refractivity contribution in [1.29, 1.82) is 0 Å². The van der Waals surface area contributed by atoms with E-state index in [9.17, 15) is 4.39 Å². The Morgan fingerprint density at radius 1 is 0.939 bits per heavy atom. The van der Waals surface area contributed by atoms with Crippen LogP contribution in [0.4, 0.5) is 10.2 Å². The van der Waals surface area contributed by atoms with Crippen molar-refractivity contribution in [1.82, 2.24) is 19.6 Å². The van der Waals surface area contributed by atoms with Gasteiger partial charge < -0.3 is 9.80 Å². The summed E-state index contributed by atoms with van der Waals surface area (Å²) in [7, 11) is 0.